The maximum Gasteiger partial charge on any atom is 0.412 e. The molecule has 1 heterocycles. The molecule has 0 bridgehead atoms. The number of hydrogen-bond acceptors (Lipinski definition) is 6. The summed E-state index contributed by atoms with van der Waals surface area (Å²) in [5, 5.41) is 8.31. The van der Waals surface area contributed by atoms with E-state index in [2.05, 4.69) is 16.0 Å². The third-order valence-corrected chi connectivity index (χ3v) is 5.64. The van der Waals surface area contributed by atoms with E-state index < -0.39 is 23.6 Å². The van der Waals surface area contributed by atoms with E-state index in [-0.39, 0.29) is 37.7 Å². The normalized spacial score (nSPS) is 13.6. The van der Waals surface area contributed by atoms with Crippen molar-refractivity contribution in [3.63, 3.8) is 0 Å². The predicted molar refractivity (Wildman–Crippen MR) is 133 cm³/mol. The third kappa shape index (κ3) is 6.38. The van der Waals surface area contributed by atoms with Crippen LogP contribution in [0.15, 0.2) is 36.4 Å². The average molecular weight is 499 g/mol. The molecule has 1 aliphatic rings. The highest BCUT2D eigenvalue weighted by atomic mass is 19.1. The molecule has 36 heavy (non-hydrogen) atoms. The number of carbonyl (C=O) groups excluding carboxylic acids is 4. The van der Waals surface area contributed by atoms with Gasteiger partial charge < -0.3 is 25.1 Å². The molecular formula is C26H31FN4O5. The van der Waals surface area contributed by atoms with Crippen molar-refractivity contribution in [1.29, 1.82) is 0 Å². The van der Waals surface area contributed by atoms with Gasteiger partial charge >= 0.3 is 6.09 Å². The number of benzene rings is 2. The van der Waals surface area contributed by atoms with Crippen LogP contribution in [0.25, 0.3) is 0 Å². The summed E-state index contributed by atoms with van der Waals surface area (Å²) in [7, 11) is 1.48. The molecule has 0 fully saturated rings. The van der Waals surface area contributed by atoms with Crippen LogP contribution in [-0.4, -0.2) is 47.8 Å². The van der Waals surface area contributed by atoms with Crippen molar-refractivity contribution in [2.75, 3.05) is 17.7 Å². The summed E-state index contributed by atoms with van der Waals surface area (Å²) in [4.78, 5) is 49.8. The largest absolute Gasteiger partial charge is 0.444 e. The number of nitrogens with one attached hydrogen (secondary N) is 3. The standard InChI is InChI=1S/C26H31FN4O5/c1-26(2,3)36-25(35)30-17-10-11-20(27)16(13-17)14-29-21-8-5-7-18-19(21)15-31(24(18)34)22(9-6-12-32)23(33)28-4/h5,7-8,10-13,22,29H,6,9,14-15H2,1-4H3,(H,28,33)(H,30,35). The molecule has 0 radical (unpaired) electrons. The minimum Gasteiger partial charge on any atom is -0.444 e. The molecular weight excluding hydrogens is 467 g/mol. The number of fused-ring (bicyclic) bond motifs is 1. The lowest BCUT2D eigenvalue weighted by Crippen LogP contribution is -2.46. The first-order chi connectivity index (χ1) is 17.0. The van der Waals surface area contributed by atoms with Crippen LogP contribution in [0.1, 0.15) is 55.1 Å². The van der Waals surface area contributed by atoms with Gasteiger partial charge in [0.15, 0.2) is 0 Å². The maximum absolute atomic E-state index is 14.5. The first-order valence-electron chi connectivity index (χ1n) is 11.6. The van der Waals surface area contributed by atoms with Crippen LogP contribution < -0.4 is 16.0 Å². The second-order valence-corrected chi connectivity index (χ2v) is 9.43. The van der Waals surface area contributed by atoms with Gasteiger partial charge in [0, 0.05) is 54.6 Å². The molecule has 1 aliphatic heterocycles. The summed E-state index contributed by atoms with van der Waals surface area (Å²) < 4.78 is 19.7. The van der Waals surface area contributed by atoms with Gasteiger partial charge in [0.1, 0.15) is 23.7 Å². The minimum atomic E-state index is -0.777. The predicted octanol–water partition coefficient (Wildman–Crippen LogP) is 3.83. The summed E-state index contributed by atoms with van der Waals surface area (Å²) >= 11 is 0. The molecule has 9 nitrogen and oxygen atoms in total. The SMILES string of the molecule is CNC(=O)C(CCC=O)N1Cc2c(NCc3cc(NC(=O)OC(C)(C)C)ccc3F)cccc2C1=O. The Morgan fingerprint density at radius 1 is 1.22 bits per heavy atom. The van der Waals surface area contributed by atoms with Crippen molar-refractivity contribution in [2.45, 2.75) is 58.3 Å². The number of nitrogens with zero attached hydrogens (tertiary/aromatic N) is 1. The molecule has 3 amide bonds. The molecule has 1 unspecified atom stereocenters. The van der Waals surface area contributed by atoms with Gasteiger partial charge in [0.05, 0.1) is 0 Å². The van der Waals surface area contributed by atoms with Crippen LogP contribution in [0.2, 0.25) is 0 Å². The Hall–Kier alpha value is -3.95. The van der Waals surface area contributed by atoms with Gasteiger partial charge in [-0.05, 0) is 57.5 Å². The van der Waals surface area contributed by atoms with Crippen molar-refractivity contribution in [3.05, 3.63) is 58.9 Å². The van der Waals surface area contributed by atoms with Crippen LogP contribution in [0.5, 0.6) is 0 Å². The molecule has 0 aromatic heterocycles. The Bertz CT molecular complexity index is 1160. The van der Waals surface area contributed by atoms with E-state index in [0.717, 1.165) is 6.29 Å². The molecule has 0 aliphatic carbocycles. The molecule has 2 aromatic carbocycles. The van der Waals surface area contributed by atoms with Crippen molar-refractivity contribution in [2.24, 2.45) is 0 Å². The van der Waals surface area contributed by atoms with E-state index in [4.69, 9.17) is 4.74 Å². The summed E-state index contributed by atoms with van der Waals surface area (Å²) in [6.45, 7) is 5.50. The van der Waals surface area contributed by atoms with Crippen LogP contribution in [0, 0.1) is 5.82 Å². The Kier molecular flexibility index (Phi) is 8.29. The summed E-state index contributed by atoms with van der Waals surface area (Å²) in [5.74, 6) is -1.11. The van der Waals surface area contributed by atoms with Crippen molar-refractivity contribution >= 4 is 35.6 Å². The number of rotatable bonds is 9. The van der Waals surface area contributed by atoms with Gasteiger partial charge in [-0.1, -0.05) is 6.07 Å². The molecule has 10 heteroatoms. The molecule has 2 aromatic rings. The van der Waals surface area contributed by atoms with Crippen LogP contribution >= 0.6 is 0 Å². The number of amides is 3. The van der Waals surface area contributed by atoms with Gasteiger partial charge in [-0.3, -0.25) is 14.9 Å². The van der Waals surface area contributed by atoms with E-state index >= 15 is 0 Å². The number of anilines is 2. The molecule has 192 valence electrons. The van der Waals surface area contributed by atoms with Gasteiger partial charge in [-0.15, -0.1) is 0 Å². The van der Waals surface area contributed by atoms with E-state index in [1.54, 1.807) is 39.0 Å². The fraction of sp³-hybridized carbons (Fsp3) is 0.385. The summed E-state index contributed by atoms with van der Waals surface area (Å²) in [6.07, 6.45) is 0.439. The number of halogens is 1. The molecule has 0 spiro atoms. The van der Waals surface area contributed by atoms with Crippen molar-refractivity contribution < 1.29 is 28.3 Å². The monoisotopic (exact) mass is 498 g/mol. The Morgan fingerprint density at radius 2 is 1.97 bits per heavy atom. The lowest BCUT2D eigenvalue weighted by molar-refractivity contribution is -0.125. The van der Waals surface area contributed by atoms with Crippen molar-refractivity contribution in [1.82, 2.24) is 10.2 Å². The minimum absolute atomic E-state index is 0.0876. The average Bonchev–Trinajstić information content (AvgIpc) is 3.15. The van der Waals surface area contributed by atoms with E-state index in [0.29, 0.717) is 28.1 Å². The molecule has 3 rings (SSSR count). The van der Waals surface area contributed by atoms with Gasteiger partial charge in [-0.25, -0.2) is 9.18 Å². The zero-order valence-corrected chi connectivity index (χ0v) is 20.8. The second-order valence-electron chi connectivity index (χ2n) is 9.43. The lowest BCUT2D eigenvalue weighted by atomic mass is 10.1. The second kappa shape index (κ2) is 11.2. The number of carbonyl (C=O) groups is 4. The van der Waals surface area contributed by atoms with Crippen LogP contribution in [-0.2, 0) is 27.4 Å². The Morgan fingerprint density at radius 3 is 2.64 bits per heavy atom. The van der Waals surface area contributed by atoms with Crippen LogP contribution in [0.3, 0.4) is 0 Å². The Labute approximate surface area is 209 Å². The van der Waals surface area contributed by atoms with Gasteiger partial charge in [0.25, 0.3) is 5.91 Å². The topological polar surface area (TPSA) is 117 Å². The van der Waals surface area contributed by atoms with E-state index in [1.165, 1.54) is 30.1 Å². The number of ether oxygens (including phenoxy) is 1. The van der Waals surface area contributed by atoms with Gasteiger partial charge in [-0.2, -0.15) is 0 Å². The summed E-state index contributed by atoms with van der Waals surface area (Å²) in [5.41, 5.74) is 1.77. The third-order valence-electron chi connectivity index (χ3n) is 5.64. The van der Waals surface area contributed by atoms with E-state index in [1.807, 2.05) is 0 Å². The van der Waals surface area contributed by atoms with E-state index in [9.17, 15) is 23.6 Å². The highest BCUT2D eigenvalue weighted by Gasteiger charge is 2.36. The quantitative estimate of drug-likeness (QED) is 0.453. The number of likely N-dealkylation sites (N-methyl/N-ethyl adjacent to an activating group) is 1. The molecule has 0 saturated heterocycles. The molecule has 1 atom stereocenters. The highest BCUT2D eigenvalue weighted by Crippen LogP contribution is 2.32. The highest BCUT2D eigenvalue weighted by molar-refractivity contribution is 6.02. The maximum atomic E-state index is 14.5. The summed E-state index contributed by atoms with van der Waals surface area (Å²) in [6, 6.07) is 8.59. The Balaban J connectivity index is 1.76. The zero-order valence-electron chi connectivity index (χ0n) is 20.8. The van der Waals surface area contributed by atoms with Crippen LogP contribution in [0.4, 0.5) is 20.6 Å². The molecule has 0 saturated carbocycles. The number of hydrogen-bond donors (Lipinski definition) is 3. The van der Waals surface area contributed by atoms with Gasteiger partial charge in [0.2, 0.25) is 5.91 Å². The lowest BCUT2D eigenvalue weighted by Gasteiger charge is -2.25. The number of aldehydes is 1. The fourth-order valence-corrected chi connectivity index (χ4v) is 3.99. The van der Waals surface area contributed by atoms with Crippen molar-refractivity contribution in [3.8, 4) is 0 Å². The smallest absolute Gasteiger partial charge is 0.412 e. The first kappa shape index (κ1) is 26.7. The fourth-order valence-electron chi connectivity index (χ4n) is 3.99. The molecule has 3 N–H and O–H groups in total. The first-order valence-corrected chi connectivity index (χ1v) is 11.6. The zero-order chi connectivity index (χ0) is 26.5.